The van der Waals surface area contributed by atoms with Crippen molar-refractivity contribution in [2.45, 2.75) is 25.7 Å². The molecule has 0 amide bonds. The number of hydrogen-bond acceptors (Lipinski definition) is 3. The first-order chi connectivity index (χ1) is 8.81. The number of rotatable bonds is 3. The minimum Gasteiger partial charge on any atom is -0.263 e. The van der Waals surface area contributed by atoms with E-state index >= 15 is 0 Å². The van der Waals surface area contributed by atoms with Crippen LogP contribution in [0.4, 0.5) is 0 Å². The SMILES string of the molecule is CC.CNSc1ccc(-c2cccnc2C)cc1. The zero-order valence-electron chi connectivity index (χ0n) is 11.4. The largest absolute Gasteiger partial charge is 0.263 e. The predicted molar refractivity (Wildman–Crippen MR) is 80.7 cm³/mol. The van der Waals surface area contributed by atoms with Crippen LogP contribution in [0, 0.1) is 6.92 Å². The molecule has 0 aliphatic heterocycles. The molecule has 0 saturated heterocycles. The molecule has 1 heterocycles. The fraction of sp³-hybridized carbons (Fsp3) is 0.267. The molecular formula is C15H20N2S. The summed E-state index contributed by atoms with van der Waals surface area (Å²) in [4.78, 5) is 5.51. The molecule has 0 saturated carbocycles. The minimum absolute atomic E-state index is 1.07. The van der Waals surface area contributed by atoms with Gasteiger partial charge in [0.1, 0.15) is 0 Å². The zero-order valence-corrected chi connectivity index (χ0v) is 12.2. The molecule has 0 spiro atoms. The summed E-state index contributed by atoms with van der Waals surface area (Å²) in [7, 11) is 1.92. The molecule has 0 aliphatic rings. The molecule has 96 valence electrons. The molecule has 18 heavy (non-hydrogen) atoms. The van der Waals surface area contributed by atoms with Crippen molar-refractivity contribution in [2.75, 3.05) is 7.05 Å². The van der Waals surface area contributed by atoms with Crippen LogP contribution in [0.25, 0.3) is 11.1 Å². The van der Waals surface area contributed by atoms with E-state index in [2.05, 4.69) is 40.0 Å². The van der Waals surface area contributed by atoms with E-state index in [0.717, 1.165) is 5.69 Å². The Labute approximate surface area is 114 Å². The molecule has 3 heteroatoms. The van der Waals surface area contributed by atoms with Crippen LogP contribution in [0.5, 0.6) is 0 Å². The van der Waals surface area contributed by atoms with Gasteiger partial charge in [0.05, 0.1) is 0 Å². The van der Waals surface area contributed by atoms with E-state index < -0.39 is 0 Å². The third-order valence-corrected chi connectivity index (χ3v) is 3.10. The van der Waals surface area contributed by atoms with Crippen LogP contribution in [0.1, 0.15) is 19.5 Å². The van der Waals surface area contributed by atoms with Crippen LogP contribution in [-0.2, 0) is 0 Å². The molecule has 0 atom stereocenters. The summed E-state index contributed by atoms with van der Waals surface area (Å²) in [5.74, 6) is 0. The Bertz CT molecular complexity index is 466. The second kappa shape index (κ2) is 7.90. The van der Waals surface area contributed by atoms with Crippen LogP contribution >= 0.6 is 11.9 Å². The lowest BCUT2D eigenvalue weighted by molar-refractivity contribution is 1.20. The van der Waals surface area contributed by atoms with Gasteiger partial charge in [-0.1, -0.05) is 32.0 Å². The summed E-state index contributed by atoms with van der Waals surface area (Å²) in [6.45, 7) is 6.03. The number of pyridine rings is 1. The number of nitrogens with one attached hydrogen (secondary N) is 1. The molecular weight excluding hydrogens is 240 g/mol. The van der Waals surface area contributed by atoms with Crippen LogP contribution < -0.4 is 4.72 Å². The Morgan fingerprint density at radius 1 is 1.06 bits per heavy atom. The molecule has 0 bridgehead atoms. The normalized spacial score (nSPS) is 9.56. The van der Waals surface area contributed by atoms with E-state index in [0.29, 0.717) is 0 Å². The topological polar surface area (TPSA) is 24.9 Å². The third-order valence-electron chi connectivity index (χ3n) is 2.39. The van der Waals surface area contributed by atoms with Gasteiger partial charge >= 0.3 is 0 Å². The highest BCUT2D eigenvalue weighted by Gasteiger charge is 2.01. The van der Waals surface area contributed by atoms with Crippen molar-refractivity contribution >= 4 is 11.9 Å². The Morgan fingerprint density at radius 3 is 2.28 bits per heavy atom. The Kier molecular flexibility index (Phi) is 6.47. The van der Waals surface area contributed by atoms with Gasteiger partial charge in [0.25, 0.3) is 0 Å². The van der Waals surface area contributed by atoms with Crippen LogP contribution in [0.3, 0.4) is 0 Å². The molecule has 1 N–H and O–H groups in total. The number of aryl methyl sites for hydroxylation is 1. The Morgan fingerprint density at radius 2 is 1.72 bits per heavy atom. The fourth-order valence-electron chi connectivity index (χ4n) is 1.61. The third kappa shape index (κ3) is 3.86. The van der Waals surface area contributed by atoms with Gasteiger partial charge in [0, 0.05) is 22.3 Å². The molecule has 1 aromatic heterocycles. The average Bonchev–Trinajstić information content (AvgIpc) is 2.43. The van der Waals surface area contributed by atoms with Gasteiger partial charge in [-0.15, -0.1) is 0 Å². The van der Waals surface area contributed by atoms with Crippen molar-refractivity contribution < 1.29 is 0 Å². The van der Waals surface area contributed by atoms with Crippen LogP contribution in [-0.4, -0.2) is 12.0 Å². The summed E-state index contributed by atoms with van der Waals surface area (Å²) >= 11 is 1.62. The lowest BCUT2D eigenvalue weighted by Crippen LogP contribution is -1.90. The summed E-state index contributed by atoms with van der Waals surface area (Å²) in [5.41, 5.74) is 3.48. The van der Waals surface area contributed by atoms with Crippen molar-refractivity contribution in [2.24, 2.45) is 0 Å². The smallest absolute Gasteiger partial charge is 0.0450 e. The summed E-state index contributed by atoms with van der Waals surface area (Å²) in [5, 5.41) is 0. The number of aromatic nitrogens is 1. The highest BCUT2D eigenvalue weighted by molar-refractivity contribution is 7.97. The number of benzene rings is 1. The standard InChI is InChI=1S/C13H14N2S.C2H6/c1-10-13(4-3-9-15-10)11-5-7-12(8-6-11)16-14-2;1-2/h3-9,14H,1-2H3;1-2H3. The van der Waals surface area contributed by atoms with Crippen LogP contribution in [0.15, 0.2) is 47.5 Å². The number of nitrogens with zero attached hydrogens (tertiary/aromatic N) is 1. The lowest BCUT2D eigenvalue weighted by Gasteiger charge is -2.05. The van der Waals surface area contributed by atoms with Crippen molar-refractivity contribution in [3.8, 4) is 11.1 Å². The van der Waals surface area contributed by atoms with Gasteiger partial charge in [-0.25, -0.2) is 0 Å². The molecule has 0 radical (unpaired) electrons. The first-order valence-electron chi connectivity index (χ1n) is 6.17. The van der Waals surface area contributed by atoms with E-state index in [4.69, 9.17) is 0 Å². The van der Waals surface area contributed by atoms with E-state index in [-0.39, 0.29) is 0 Å². The molecule has 2 nitrogen and oxygen atoms in total. The summed E-state index contributed by atoms with van der Waals surface area (Å²) in [6.07, 6.45) is 1.82. The second-order valence-electron chi connectivity index (χ2n) is 3.47. The van der Waals surface area contributed by atoms with E-state index in [1.165, 1.54) is 16.0 Å². The maximum atomic E-state index is 4.30. The first kappa shape index (κ1) is 14.7. The molecule has 0 aliphatic carbocycles. The Hall–Kier alpha value is -1.32. The van der Waals surface area contributed by atoms with Gasteiger partial charge in [-0.2, -0.15) is 0 Å². The van der Waals surface area contributed by atoms with Gasteiger partial charge in [-0.3, -0.25) is 9.71 Å². The summed E-state index contributed by atoms with van der Waals surface area (Å²) < 4.78 is 3.06. The average molecular weight is 260 g/mol. The van der Waals surface area contributed by atoms with Gasteiger partial charge < -0.3 is 0 Å². The zero-order chi connectivity index (χ0) is 13.4. The second-order valence-corrected chi connectivity index (χ2v) is 4.55. The maximum absolute atomic E-state index is 4.30. The predicted octanol–water partition coefficient (Wildman–Crippen LogP) is 4.31. The van der Waals surface area contributed by atoms with Crippen molar-refractivity contribution in [1.82, 2.24) is 9.71 Å². The van der Waals surface area contributed by atoms with Gasteiger partial charge in [-0.05, 0) is 49.7 Å². The van der Waals surface area contributed by atoms with Crippen molar-refractivity contribution in [3.63, 3.8) is 0 Å². The molecule has 2 aromatic rings. The summed E-state index contributed by atoms with van der Waals surface area (Å²) in [6, 6.07) is 12.6. The molecule has 0 fully saturated rings. The van der Waals surface area contributed by atoms with Gasteiger partial charge in [0.15, 0.2) is 0 Å². The monoisotopic (exact) mass is 260 g/mol. The van der Waals surface area contributed by atoms with E-state index in [1.807, 2.05) is 40.1 Å². The molecule has 1 aromatic carbocycles. The van der Waals surface area contributed by atoms with Crippen molar-refractivity contribution in [1.29, 1.82) is 0 Å². The fourth-order valence-corrected chi connectivity index (χ4v) is 2.12. The van der Waals surface area contributed by atoms with Gasteiger partial charge in [0.2, 0.25) is 0 Å². The maximum Gasteiger partial charge on any atom is 0.0450 e. The highest BCUT2D eigenvalue weighted by Crippen LogP contribution is 2.24. The van der Waals surface area contributed by atoms with Crippen molar-refractivity contribution in [3.05, 3.63) is 48.3 Å². The van der Waals surface area contributed by atoms with Crippen LogP contribution in [0.2, 0.25) is 0 Å². The van der Waals surface area contributed by atoms with E-state index in [1.54, 1.807) is 11.9 Å². The lowest BCUT2D eigenvalue weighted by atomic mass is 10.1. The first-order valence-corrected chi connectivity index (χ1v) is 6.98. The minimum atomic E-state index is 1.07. The molecule has 2 rings (SSSR count). The Balaban J connectivity index is 0.000000771. The highest BCUT2D eigenvalue weighted by atomic mass is 32.2. The quantitative estimate of drug-likeness (QED) is 0.832. The molecule has 0 unspecified atom stereocenters. The van der Waals surface area contributed by atoms with E-state index in [9.17, 15) is 0 Å². The number of hydrogen-bond donors (Lipinski definition) is 1.